The monoisotopic (exact) mass is 449 g/mol. The fourth-order valence-electron chi connectivity index (χ4n) is 4.23. The van der Waals surface area contributed by atoms with Crippen LogP contribution >= 0.6 is 22.7 Å². The van der Waals surface area contributed by atoms with E-state index in [-0.39, 0.29) is 11.9 Å². The number of anilines is 1. The Morgan fingerprint density at radius 1 is 1.26 bits per heavy atom. The minimum atomic E-state index is -0.00957. The molecule has 6 nitrogen and oxygen atoms in total. The van der Waals surface area contributed by atoms with Gasteiger partial charge in [-0.25, -0.2) is 15.0 Å². The second-order valence-corrected chi connectivity index (χ2v) is 9.81. The molecule has 3 heterocycles. The second-order valence-electron chi connectivity index (χ2n) is 7.83. The van der Waals surface area contributed by atoms with Crippen LogP contribution in [0.2, 0.25) is 0 Å². The Bertz CT molecular complexity index is 1230. The van der Waals surface area contributed by atoms with E-state index in [9.17, 15) is 4.79 Å². The molecule has 1 unspecified atom stereocenters. The van der Waals surface area contributed by atoms with Gasteiger partial charge in [0.25, 0.3) is 5.91 Å². The normalized spacial score (nSPS) is 15.6. The lowest BCUT2D eigenvalue weighted by molar-refractivity contribution is 0.0789. The molecule has 1 N–H and O–H groups in total. The molecule has 0 radical (unpaired) electrons. The molecule has 0 fully saturated rings. The summed E-state index contributed by atoms with van der Waals surface area (Å²) in [6, 6.07) is 8.83. The van der Waals surface area contributed by atoms with Gasteiger partial charge in [0.05, 0.1) is 22.8 Å². The maximum absolute atomic E-state index is 13.2. The van der Waals surface area contributed by atoms with Crippen molar-refractivity contribution in [1.82, 2.24) is 19.9 Å². The van der Waals surface area contributed by atoms with Crippen LogP contribution in [-0.4, -0.2) is 32.8 Å². The van der Waals surface area contributed by atoms with Crippen LogP contribution in [0, 0.1) is 6.92 Å². The van der Waals surface area contributed by atoms with E-state index in [1.54, 1.807) is 28.8 Å². The van der Waals surface area contributed by atoms with Crippen LogP contribution < -0.4 is 5.32 Å². The average molecular weight is 450 g/mol. The number of amides is 1. The second kappa shape index (κ2) is 8.36. The summed E-state index contributed by atoms with van der Waals surface area (Å²) in [6.45, 7) is 2.49. The van der Waals surface area contributed by atoms with Crippen molar-refractivity contribution < 1.29 is 4.79 Å². The van der Waals surface area contributed by atoms with E-state index >= 15 is 0 Å². The number of rotatable bonds is 5. The van der Waals surface area contributed by atoms with Gasteiger partial charge in [0.2, 0.25) is 0 Å². The molecule has 0 saturated carbocycles. The largest absolute Gasteiger partial charge is 0.363 e. The molecular formula is C23H23N5OS2. The Labute approximate surface area is 189 Å². The Hall–Kier alpha value is -2.84. The maximum atomic E-state index is 13.2. The SMILES string of the molecule is Cc1c(C(=O)N(C)Cc2nccs2)sc2ncnc(NC3CCCc4ccccc43)c12. The molecule has 3 aromatic heterocycles. The molecule has 158 valence electrons. The topological polar surface area (TPSA) is 71.0 Å². The lowest BCUT2D eigenvalue weighted by Gasteiger charge is -2.27. The predicted molar refractivity (Wildman–Crippen MR) is 126 cm³/mol. The summed E-state index contributed by atoms with van der Waals surface area (Å²) in [5.74, 6) is 0.798. The fraction of sp³-hybridized carbons (Fsp3) is 0.304. The summed E-state index contributed by atoms with van der Waals surface area (Å²) in [5.41, 5.74) is 3.68. The molecule has 1 amide bonds. The average Bonchev–Trinajstić information content (AvgIpc) is 3.42. The maximum Gasteiger partial charge on any atom is 0.264 e. The molecule has 31 heavy (non-hydrogen) atoms. The van der Waals surface area contributed by atoms with Crippen molar-refractivity contribution in [2.24, 2.45) is 0 Å². The predicted octanol–water partition coefficient (Wildman–Crippen LogP) is 5.22. The summed E-state index contributed by atoms with van der Waals surface area (Å²) < 4.78 is 0. The zero-order chi connectivity index (χ0) is 21.4. The van der Waals surface area contributed by atoms with E-state index in [2.05, 4.69) is 44.5 Å². The molecule has 1 aliphatic rings. The van der Waals surface area contributed by atoms with Crippen LogP contribution in [-0.2, 0) is 13.0 Å². The van der Waals surface area contributed by atoms with Crippen molar-refractivity contribution in [2.75, 3.05) is 12.4 Å². The van der Waals surface area contributed by atoms with Gasteiger partial charge < -0.3 is 10.2 Å². The summed E-state index contributed by atoms with van der Waals surface area (Å²) in [4.78, 5) is 29.8. The van der Waals surface area contributed by atoms with Crippen LogP contribution in [0.1, 0.15) is 50.3 Å². The number of fused-ring (bicyclic) bond motifs is 2. The van der Waals surface area contributed by atoms with E-state index in [4.69, 9.17) is 0 Å². The van der Waals surface area contributed by atoms with Crippen LogP contribution in [0.25, 0.3) is 10.2 Å². The summed E-state index contributed by atoms with van der Waals surface area (Å²) in [5, 5.41) is 7.46. The highest BCUT2D eigenvalue weighted by Gasteiger charge is 2.25. The third kappa shape index (κ3) is 3.81. The number of aromatic nitrogens is 3. The molecule has 0 bridgehead atoms. The first kappa shape index (κ1) is 20.1. The van der Waals surface area contributed by atoms with Gasteiger partial charge in [-0.05, 0) is 42.9 Å². The Kier molecular flexibility index (Phi) is 5.41. The highest BCUT2D eigenvalue weighted by atomic mass is 32.1. The number of thiophene rings is 1. The molecule has 1 aliphatic carbocycles. The number of thiazole rings is 1. The van der Waals surface area contributed by atoms with Gasteiger partial charge in [0, 0.05) is 18.6 Å². The van der Waals surface area contributed by atoms with Gasteiger partial charge in [0.15, 0.2) is 0 Å². The van der Waals surface area contributed by atoms with E-state index in [1.165, 1.54) is 22.5 Å². The number of hydrogen-bond acceptors (Lipinski definition) is 7. The lowest BCUT2D eigenvalue weighted by Crippen LogP contribution is -2.25. The number of nitrogens with zero attached hydrogens (tertiary/aromatic N) is 4. The minimum absolute atomic E-state index is 0.00957. The van der Waals surface area contributed by atoms with E-state index in [0.717, 1.165) is 45.9 Å². The first-order valence-electron chi connectivity index (χ1n) is 10.3. The minimum Gasteiger partial charge on any atom is -0.363 e. The Morgan fingerprint density at radius 3 is 2.97 bits per heavy atom. The van der Waals surface area contributed by atoms with Gasteiger partial charge in [-0.15, -0.1) is 22.7 Å². The van der Waals surface area contributed by atoms with Crippen LogP contribution in [0.4, 0.5) is 5.82 Å². The van der Waals surface area contributed by atoms with Gasteiger partial charge in [-0.2, -0.15) is 0 Å². The zero-order valence-electron chi connectivity index (χ0n) is 17.5. The molecule has 0 saturated heterocycles. The molecule has 5 rings (SSSR count). The van der Waals surface area contributed by atoms with Gasteiger partial charge in [0.1, 0.15) is 22.0 Å². The van der Waals surface area contributed by atoms with Gasteiger partial charge in [-0.1, -0.05) is 24.3 Å². The van der Waals surface area contributed by atoms with E-state index < -0.39 is 0 Å². The molecule has 1 atom stereocenters. The molecule has 4 aromatic rings. The Morgan fingerprint density at radius 2 is 2.13 bits per heavy atom. The summed E-state index contributed by atoms with van der Waals surface area (Å²) in [7, 11) is 1.82. The van der Waals surface area contributed by atoms with Crippen LogP contribution in [0.15, 0.2) is 42.2 Å². The number of nitrogens with one attached hydrogen (secondary N) is 1. The molecule has 8 heteroatoms. The van der Waals surface area contributed by atoms with E-state index in [1.807, 2.05) is 19.4 Å². The first-order valence-corrected chi connectivity index (χ1v) is 12.0. The van der Waals surface area contributed by atoms with Crippen molar-refractivity contribution in [3.8, 4) is 0 Å². The molecule has 0 spiro atoms. The van der Waals surface area contributed by atoms with Crippen molar-refractivity contribution in [3.63, 3.8) is 0 Å². The van der Waals surface area contributed by atoms with Crippen molar-refractivity contribution in [3.05, 3.63) is 68.7 Å². The highest BCUT2D eigenvalue weighted by Crippen LogP contribution is 2.37. The van der Waals surface area contributed by atoms with Gasteiger partial charge >= 0.3 is 0 Å². The number of carbonyl (C=O) groups excluding carboxylic acids is 1. The number of aryl methyl sites for hydroxylation is 2. The zero-order valence-corrected chi connectivity index (χ0v) is 19.1. The quantitative estimate of drug-likeness (QED) is 0.452. The van der Waals surface area contributed by atoms with Gasteiger partial charge in [-0.3, -0.25) is 4.79 Å². The lowest BCUT2D eigenvalue weighted by atomic mass is 9.87. The number of hydrogen-bond donors (Lipinski definition) is 1. The molecular weight excluding hydrogens is 426 g/mol. The highest BCUT2D eigenvalue weighted by molar-refractivity contribution is 7.20. The smallest absolute Gasteiger partial charge is 0.264 e. The third-order valence-electron chi connectivity index (χ3n) is 5.80. The standard InChI is InChI=1S/C23H23N5OS2/c1-14-19-21(27-17-9-5-7-15-6-3-4-8-16(15)17)25-13-26-22(19)31-20(14)23(29)28(2)12-18-24-10-11-30-18/h3-4,6,8,10-11,13,17H,5,7,9,12H2,1-2H3,(H,25,26,27). The van der Waals surface area contributed by atoms with Crippen molar-refractivity contribution in [1.29, 1.82) is 0 Å². The number of carbonyl (C=O) groups is 1. The fourth-order valence-corrected chi connectivity index (χ4v) is 6.05. The van der Waals surface area contributed by atoms with Crippen LogP contribution in [0.5, 0.6) is 0 Å². The summed E-state index contributed by atoms with van der Waals surface area (Å²) >= 11 is 2.99. The van der Waals surface area contributed by atoms with Crippen molar-refractivity contribution >= 4 is 44.6 Å². The van der Waals surface area contributed by atoms with E-state index in [0.29, 0.717) is 11.4 Å². The molecule has 0 aliphatic heterocycles. The third-order valence-corrected chi connectivity index (χ3v) is 7.76. The summed E-state index contributed by atoms with van der Waals surface area (Å²) in [6.07, 6.45) is 6.68. The number of benzene rings is 1. The first-order chi connectivity index (χ1) is 15.1. The Balaban J connectivity index is 1.46. The van der Waals surface area contributed by atoms with Crippen molar-refractivity contribution in [2.45, 2.75) is 38.8 Å². The van der Waals surface area contributed by atoms with Crippen LogP contribution in [0.3, 0.4) is 0 Å². The molecule has 1 aromatic carbocycles.